The van der Waals surface area contributed by atoms with Gasteiger partial charge in [0.15, 0.2) is 0 Å². The lowest BCUT2D eigenvalue weighted by Gasteiger charge is -1.98. The van der Waals surface area contributed by atoms with Crippen LogP contribution in [0.5, 0.6) is 0 Å². The molecule has 0 saturated carbocycles. The molecule has 13 heavy (non-hydrogen) atoms. The van der Waals surface area contributed by atoms with Crippen molar-refractivity contribution in [2.45, 2.75) is 38.5 Å². The fourth-order valence-corrected chi connectivity index (χ4v) is 2.53. The highest BCUT2D eigenvalue weighted by Gasteiger charge is 1.93. The van der Waals surface area contributed by atoms with E-state index >= 15 is 0 Å². The highest BCUT2D eigenvalue weighted by Crippen LogP contribution is 2.13. The highest BCUT2D eigenvalue weighted by atomic mass is 79.9. The molecular weight excluding hydrogens is 244 g/mol. The van der Waals surface area contributed by atoms with Crippen LogP contribution in [0.4, 0.5) is 0 Å². The van der Waals surface area contributed by atoms with E-state index in [9.17, 15) is 0 Å². The molecule has 0 amide bonds. The minimum Gasteiger partial charge on any atom is -0.149 e. The van der Waals surface area contributed by atoms with Crippen molar-refractivity contribution in [3.8, 4) is 0 Å². The van der Waals surface area contributed by atoms with Gasteiger partial charge in [-0.2, -0.15) is 0 Å². The summed E-state index contributed by atoms with van der Waals surface area (Å²) < 4.78 is 0. The van der Waals surface area contributed by atoms with E-state index in [-0.39, 0.29) is 0 Å². The lowest BCUT2D eigenvalue weighted by atomic mass is 10.1. The zero-order valence-corrected chi connectivity index (χ0v) is 10.4. The van der Waals surface area contributed by atoms with Gasteiger partial charge in [-0.1, -0.05) is 41.3 Å². The second kappa shape index (κ2) is 7.57. The third-order valence-electron chi connectivity index (χ3n) is 2.14. The van der Waals surface area contributed by atoms with Gasteiger partial charge in [0, 0.05) is 10.2 Å². The number of thiophene rings is 1. The summed E-state index contributed by atoms with van der Waals surface area (Å²) in [6, 6.07) is 4.38. The first kappa shape index (κ1) is 11.3. The van der Waals surface area contributed by atoms with Crippen LogP contribution in [-0.2, 0) is 6.42 Å². The van der Waals surface area contributed by atoms with Crippen molar-refractivity contribution in [2.75, 3.05) is 5.33 Å². The van der Waals surface area contributed by atoms with E-state index in [1.807, 2.05) is 11.3 Å². The van der Waals surface area contributed by atoms with E-state index in [0.717, 1.165) is 5.33 Å². The van der Waals surface area contributed by atoms with Crippen molar-refractivity contribution >= 4 is 27.3 Å². The van der Waals surface area contributed by atoms with Crippen LogP contribution in [0, 0.1) is 0 Å². The van der Waals surface area contributed by atoms with Crippen molar-refractivity contribution in [1.29, 1.82) is 0 Å². The van der Waals surface area contributed by atoms with Crippen molar-refractivity contribution in [2.24, 2.45) is 0 Å². The quantitative estimate of drug-likeness (QED) is 0.495. The minimum atomic E-state index is 1.16. The Morgan fingerprint density at radius 2 is 1.85 bits per heavy atom. The molecule has 74 valence electrons. The number of halogens is 1. The van der Waals surface area contributed by atoms with Crippen molar-refractivity contribution < 1.29 is 0 Å². The van der Waals surface area contributed by atoms with Crippen LogP contribution in [0.3, 0.4) is 0 Å². The number of alkyl halides is 1. The van der Waals surface area contributed by atoms with E-state index < -0.39 is 0 Å². The fraction of sp³-hybridized carbons (Fsp3) is 0.636. The van der Waals surface area contributed by atoms with Crippen LogP contribution in [0.2, 0.25) is 0 Å². The second-order valence-corrected chi connectivity index (χ2v) is 5.11. The predicted molar refractivity (Wildman–Crippen MR) is 64.9 cm³/mol. The molecule has 0 fully saturated rings. The first-order valence-corrected chi connectivity index (χ1v) is 7.02. The molecule has 0 unspecified atom stereocenters. The monoisotopic (exact) mass is 260 g/mol. The van der Waals surface area contributed by atoms with Crippen LogP contribution in [0.25, 0.3) is 0 Å². The average Bonchev–Trinajstić information content (AvgIpc) is 2.63. The lowest BCUT2D eigenvalue weighted by Crippen LogP contribution is -1.83. The van der Waals surface area contributed by atoms with Gasteiger partial charge in [0.1, 0.15) is 0 Å². The zero-order valence-electron chi connectivity index (χ0n) is 7.97. The number of hydrogen-bond donors (Lipinski definition) is 0. The van der Waals surface area contributed by atoms with E-state index in [2.05, 4.69) is 33.4 Å². The Morgan fingerprint density at radius 1 is 1.08 bits per heavy atom. The summed E-state index contributed by atoms with van der Waals surface area (Å²) in [5.74, 6) is 0. The molecule has 0 N–H and O–H groups in total. The fourth-order valence-electron chi connectivity index (χ4n) is 1.38. The van der Waals surface area contributed by atoms with Crippen molar-refractivity contribution in [1.82, 2.24) is 0 Å². The Hall–Kier alpha value is 0.180. The SMILES string of the molecule is BrCCCCCCCc1cccs1. The average molecular weight is 261 g/mol. The standard InChI is InChI=1S/C11H17BrS/c12-9-5-3-1-2-4-7-11-8-6-10-13-11/h6,8,10H,1-5,7,9H2. The zero-order chi connectivity index (χ0) is 9.36. The Labute approximate surface area is 93.5 Å². The summed E-state index contributed by atoms with van der Waals surface area (Å²) in [7, 11) is 0. The first-order valence-electron chi connectivity index (χ1n) is 5.02. The molecule has 0 atom stereocenters. The molecule has 0 saturated heterocycles. The van der Waals surface area contributed by atoms with Gasteiger partial charge in [-0.25, -0.2) is 0 Å². The number of rotatable bonds is 7. The molecule has 2 heteroatoms. The molecule has 0 bridgehead atoms. The van der Waals surface area contributed by atoms with E-state index in [0.29, 0.717) is 0 Å². The molecule has 0 aromatic carbocycles. The van der Waals surface area contributed by atoms with Gasteiger partial charge in [-0.05, 0) is 30.7 Å². The molecule has 0 nitrogen and oxygen atoms in total. The largest absolute Gasteiger partial charge is 0.149 e. The minimum absolute atomic E-state index is 1.16. The Kier molecular flexibility index (Phi) is 6.56. The number of unbranched alkanes of at least 4 members (excludes halogenated alkanes) is 4. The van der Waals surface area contributed by atoms with Crippen LogP contribution >= 0.6 is 27.3 Å². The second-order valence-electron chi connectivity index (χ2n) is 3.29. The van der Waals surface area contributed by atoms with E-state index in [4.69, 9.17) is 0 Å². The normalized spacial score (nSPS) is 10.5. The molecule has 1 heterocycles. The van der Waals surface area contributed by atoms with Gasteiger partial charge >= 0.3 is 0 Å². The first-order chi connectivity index (χ1) is 6.43. The van der Waals surface area contributed by atoms with Gasteiger partial charge in [0.25, 0.3) is 0 Å². The highest BCUT2D eigenvalue weighted by molar-refractivity contribution is 9.09. The maximum atomic E-state index is 3.45. The summed E-state index contributed by atoms with van der Waals surface area (Å²) in [4.78, 5) is 1.54. The Morgan fingerprint density at radius 3 is 2.54 bits per heavy atom. The smallest absolute Gasteiger partial charge is 0.00452 e. The number of aryl methyl sites for hydroxylation is 1. The van der Waals surface area contributed by atoms with Crippen molar-refractivity contribution in [3.63, 3.8) is 0 Å². The molecular formula is C11H17BrS. The lowest BCUT2D eigenvalue weighted by molar-refractivity contribution is 0.638. The van der Waals surface area contributed by atoms with Gasteiger partial charge in [0.05, 0.1) is 0 Å². The maximum absolute atomic E-state index is 3.45. The summed E-state index contributed by atoms with van der Waals surface area (Å²) in [6.45, 7) is 0. The van der Waals surface area contributed by atoms with Gasteiger partial charge in [-0.15, -0.1) is 11.3 Å². The molecule has 0 radical (unpaired) electrons. The van der Waals surface area contributed by atoms with Crippen LogP contribution in [0.1, 0.15) is 37.0 Å². The Balaban J connectivity index is 1.90. The van der Waals surface area contributed by atoms with Crippen LogP contribution in [-0.4, -0.2) is 5.33 Å². The van der Waals surface area contributed by atoms with E-state index in [1.54, 1.807) is 4.88 Å². The van der Waals surface area contributed by atoms with Crippen LogP contribution < -0.4 is 0 Å². The summed E-state index contributed by atoms with van der Waals surface area (Å²) >= 11 is 5.34. The summed E-state index contributed by atoms with van der Waals surface area (Å²) in [6.07, 6.45) is 8.16. The molecule has 0 aliphatic rings. The third kappa shape index (κ3) is 5.48. The molecule has 1 aromatic rings. The molecule has 0 spiro atoms. The van der Waals surface area contributed by atoms with Crippen LogP contribution in [0.15, 0.2) is 17.5 Å². The molecule has 1 rings (SSSR count). The van der Waals surface area contributed by atoms with Crippen molar-refractivity contribution in [3.05, 3.63) is 22.4 Å². The van der Waals surface area contributed by atoms with Gasteiger partial charge in [-0.3, -0.25) is 0 Å². The Bertz CT molecular complexity index is 194. The molecule has 0 aliphatic heterocycles. The molecule has 1 aromatic heterocycles. The summed E-state index contributed by atoms with van der Waals surface area (Å²) in [5.41, 5.74) is 0. The third-order valence-corrected chi connectivity index (χ3v) is 3.63. The predicted octanol–water partition coefficient (Wildman–Crippen LogP) is 4.64. The van der Waals surface area contributed by atoms with Gasteiger partial charge in [0.2, 0.25) is 0 Å². The number of hydrogen-bond acceptors (Lipinski definition) is 1. The summed E-state index contributed by atoms with van der Waals surface area (Å²) in [5, 5.41) is 3.33. The topological polar surface area (TPSA) is 0 Å². The van der Waals surface area contributed by atoms with Gasteiger partial charge < -0.3 is 0 Å². The maximum Gasteiger partial charge on any atom is 0.00452 e. The molecule has 0 aliphatic carbocycles. The van der Waals surface area contributed by atoms with E-state index in [1.165, 1.54) is 38.5 Å².